The van der Waals surface area contributed by atoms with Gasteiger partial charge in [0.25, 0.3) is 0 Å². The summed E-state index contributed by atoms with van der Waals surface area (Å²) in [5, 5.41) is 3.09. The number of aromatic amines is 1. The Morgan fingerprint density at radius 2 is 2.13 bits per heavy atom. The van der Waals surface area contributed by atoms with Crippen LogP contribution in [0, 0.1) is 13.8 Å². The molecule has 1 aliphatic carbocycles. The molecule has 126 valence electrons. The van der Waals surface area contributed by atoms with E-state index in [1.807, 2.05) is 13.8 Å². The van der Waals surface area contributed by atoms with Crippen LogP contribution in [0.25, 0.3) is 0 Å². The molecule has 2 heterocycles. The second-order valence-corrected chi connectivity index (χ2v) is 6.90. The summed E-state index contributed by atoms with van der Waals surface area (Å²) in [4.78, 5) is 30.1. The Balaban J connectivity index is 1.52. The van der Waals surface area contributed by atoms with Crippen LogP contribution in [-0.4, -0.2) is 34.1 Å². The van der Waals surface area contributed by atoms with Crippen molar-refractivity contribution in [2.45, 2.75) is 70.4 Å². The summed E-state index contributed by atoms with van der Waals surface area (Å²) in [5.41, 5.74) is 2.15. The summed E-state index contributed by atoms with van der Waals surface area (Å²) in [6.07, 6.45) is 6.65. The van der Waals surface area contributed by atoms with Gasteiger partial charge in [-0.05, 0) is 45.1 Å². The van der Waals surface area contributed by atoms with Crippen molar-refractivity contribution in [3.8, 4) is 0 Å². The number of hydrogen-bond acceptors (Lipinski definition) is 4. The SMILES string of the molecule is Cc1nc(=O)[nH]c(C)c1CCC(=O)N[C@@H]1COC2(CCCC2)C1. The van der Waals surface area contributed by atoms with Gasteiger partial charge >= 0.3 is 5.69 Å². The van der Waals surface area contributed by atoms with Gasteiger partial charge in [0.15, 0.2) is 0 Å². The third-order valence-electron chi connectivity index (χ3n) is 5.14. The van der Waals surface area contributed by atoms with Gasteiger partial charge in [-0.25, -0.2) is 4.79 Å². The molecule has 2 aliphatic rings. The summed E-state index contributed by atoms with van der Waals surface area (Å²) in [6, 6.07) is 0.136. The Kier molecular flexibility index (Phi) is 4.53. The number of nitrogens with one attached hydrogen (secondary N) is 2. The topological polar surface area (TPSA) is 84.1 Å². The zero-order valence-electron chi connectivity index (χ0n) is 13.9. The van der Waals surface area contributed by atoms with Gasteiger partial charge in [-0.15, -0.1) is 0 Å². The average Bonchev–Trinajstić information content (AvgIpc) is 3.08. The third kappa shape index (κ3) is 3.63. The lowest BCUT2D eigenvalue weighted by molar-refractivity contribution is -0.121. The van der Waals surface area contributed by atoms with Crippen molar-refractivity contribution in [1.82, 2.24) is 15.3 Å². The molecule has 1 saturated carbocycles. The summed E-state index contributed by atoms with van der Waals surface area (Å²) >= 11 is 0. The van der Waals surface area contributed by atoms with Gasteiger partial charge < -0.3 is 15.0 Å². The first kappa shape index (κ1) is 16.2. The normalized spacial score (nSPS) is 22.6. The average molecular weight is 319 g/mol. The fourth-order valence-electron chi connectivity index (χ4n) is 3.97. The van der Waals surface area contributed by atoms with E-state index in [0.717, 1.165) is 30.5 Å². The van der Waals surface area contributed by atoms with Crippen LogP contribution in [0.15, 0.2) is 4.79 Å². The fraction of sp³-hybridized carbons (Fsp3) is 0.706. The Labute approximate surface area is 136 Å². The first-order valence-electron chi connectivity index (χ1n) is 8.47. The molecule has 1 atom stereocenters. The van der Waals surface area contributed by atoms with Crippen molar-refractivity contribution in [3.63, 3.8) is 0 Å². The molecule has 1 aromatic heterocycles. The number of aromatic nitrogens is 2. The van der Waals surface area contributed by atoms with Gasteiger partial charge in [-0.2, -0.15) is 4.98 Å². The number of nitrogens with zero attached hydrogens (tertiary/aromatic N) is 1. The van der Waals surface area contributed by atoms with Crippen molar-refractivity contribution in [3.05, 3.63) is 27.4 Å². The quantitative estimate of drug-likeness (QED) is 0.881. The van der Waals surface area contributed by atoms with E-state index < -0.39 is 0 Å². The van der Waals surface area contributed by atoms with Gasteiger partial charge in [-0.1, -0.05) is 12.8 Å². The maximum absolute atomic E-state index is 12.2. The fourth-order valence-corrected chi connectivity index (χ4v) is 3.97. The molecule has 0 unspecified atom stereocenters. The van der Waals surface area contributed by atoms with E-state index in [2.05, 4.69) is 15.3 Å². The summed E-state index contributed by atoms with van der Waals surface area (Å²) in [7, 11) is 0. The van der Waals surface area contributed by atoms with Crippen molar-refractivity contribution in [2.24, 2.45) is 0 Å². The van der Waals surface area contributed by atoms with Crippen LogP contribution in [-0.2, 0) is 16.0 Å². The molecule has 1 saturated heterocycles. The van der Waals surface area contributed by atoms with Gasteiger partial charge in [0.05, 0.1) is 18.2 Å². The number of carbonyl (C=O) groups is 1. The van der Waals surface area contributed by atoms with Crippen molar-refractivity contribution in [1.29, 1.82) is 0 Å². The highest BCUT2D eigenvalue weighted by atomic mass is 16.5. The number of H-pyrrole nitrogens is 1. The molecule has 1 amide bonds. The highest BCUT2D eigenvalue weighted by molar-refractivity contribution is 5.76. The molecule has 1 spiro atoms. The third-order valence-corrected chi connectivity index (χ3v) is 5.14. The van der Waals surface area contributed by atoms with Crippen molar-refractivity contribution < 1.29 is 9.53 Å². The molecular formula is C17H25N3O3. The highest BCUT2D eigenvalue weighted by Gasteiger charge is 2.42. The first-order chi connectivity index (χ1) is 11.0. The van der Waals surface area contributed by atoms with E-state index in [9.17, 15) is 9.59 Å². The van der Waals surface area contributed by atoms with Crippen LogP contribution < -0.4 is 11.0 Å². The molecule has 23 heavy (non-hydrogen) atoms. The van der Waals surface area contributed by atoms with Crippen LogP contribution in [0.2, 0.25) is 0 Å². The van der Waals surface area contributed by atoms with E-state index in [1.54, 1.807) is 0 Å². The molecular weight excluding hydrogens is 294 g/mol. The monoisotopic (exact) mass is 319 g/mol. The van der Waals surface area contributed by atoms with Crippen LogP contribution in [0.4, 0.5) is 0 Å². The predicted octanol–water partition coefficient (Wildman–Crippen LogP) is 1.54. The lowest BCUT2D eigenvalue weighted by Crippen LogP contribution is -2.36. The molecule has 2 N–H and O–H groups in total. The zero-order valence-corrected chi connectivity index (χ0v) is 13.9. The van der Waals surface area contributed by atoms with Crippen LogP contribution in [0.5, 0.6) is 0 Å². The zero-order chi connectivity index (χ0) is 16.4. The van der Waals surface area contributed by atoms with Crippen molar-refractivity contribution in [2.75, 3.05) is 6.61 Å². The maximum Gasteiger partial charge on any atom is 0.345 e. The maximum atomic E-state index is 12.2. The molecule has 1 aromatic rings. The van der Waals surface area contributed by atoms with Crippen LogP contribution >= 0.6 is 0 Å². The van der Waals surface area contributed by atoms with E-state index in [-0.39, 0.29) is 23.2 Å². The Morgan fingerprint density at radius 1 is 1.39 bits per heavy atom. The van der Waals surface area contributed by atoms with Gasteiger partial charge in [0.2, 0.25) is 5.91 Å². The molecule has 0 aromatic carbocycles. The number of carbonyl (C=O) groups excluding carboxylic acids is 1. The molecule has 1 aliphatic heterocycles. The second kappa shape index (κ2) is 6.43. The lowest BCUT2D eigenvalue weighted by Gasteiger charge is -2.21. The summed E-state index contributed by atoms with van der Waals surface area (Å²) < 4.78 is 5.96. The van der Waals surface area contributed by atoms with Crippen molar-refractivity contribution >= 4 is 5.91 Å². The van der Waals surface area contributed by atoms with Gasteiger partial charge in [-0.3, -0.25) is 4.79 Å². The number of amides is 1. The minimum atomic E-state index is -0.335. The van der Waals surface area contributed by atoms with Crippen LogP contribution in [0.3, 0.4) is 0 Å². The number of aryl methyl sites for hydroxylation is 2. The minimum Gasteiger partial charge on any atom is -0.373 e. The number of hydrogen-bond donors (Lipinski definition) is 2. The molecule has 6 nitrogen and oxygen atoms in total. The lowest BCUT2D eigenvalue weighted by atomic mass is 9.96. The largest absolute Gasteiger partial charge is 0.373 e. The van der Waals surface area contributed by atoms with E-state index in [1.165, 1.54) is 12.8 Å². The summed E-state index contributed by atoms with van der Waals surface area (Å²) in [5.74, 6) is 0.0404. The predicted molar refractivity (Wildman–Crippen MR) is 86.4 cm³/mol. The molecule has 2 fully saturated rings. The van der Waals surface area contributed by atoms with E-state index in [0.29, 0.717) is 25.1 Å². The van der Waals surface area contributed by atoms with Crippen LogP contribution in [0.1, 0.15) is 55.5 Å². The number of rotatable bonds is 4. The standard InChI is InChI=1S/C17H25N3O3/c1-11-14(12(2)19-16(22)18-11)5-6-15(21)20-13-9-17(23-10-13)7-3-4-8-17/h13H,3-10H2,1-2H3,(H,20,21)(H,18,19,22)/t13-/m0/s1. The highest BCUT2D eigenvalue weighted by Crippen LogP contribution is 2.40. The van der Waals surface area contributed by atoms with Gasteiger partial charge in [0, 0.05) is 17.8 Å². The molecule has 0 bridgehead atoms. The molecule has 3 rings (SSSR count). The van der Waals surface area contributed by atoms with E-state index in [4.69, 9.17) is 4.74 Å². The number of ether oxygens (including phenoxy) is 1. The Morgan fingerprint density at radius 3 is 2.83 bits per heavy atom. The first-order valence-corrected chi connectivity index (χ1v) is 8.47. The molecule has 6 heteroatoms. The van der Waals surface area contributed by atoms with Gasteiger partial charge in [0.1, 0.15) is 0 Å². The molecule has 0 radical (unpaired) electrons. The summed E-state index contributed by atoms with van der Waals surface area (Å²) in [6.45, 7) is 4.28. The minimum absolute atomic E-state index is 0.0357. The Hall–Kier alpha value is -1.69. The smallest absolute Gasteiger partial charge is 0.345 e. The Bertz CT molecular complexity index is 621. The van der Waals surface area contributed by atoms with E-state index >= 15 is 0 Å². The second-order valence-electron chi connectivity index (χ2n) is 6.90.